The van der Waals surface area contributed by atoms with Crippen molar-refractivity contribution in [1.82, 2.24) is 10.2 Å². The second kappa shape index (κ2) is 10.2. The number of halogens is 1. The number of benzene rings is 1. The Hall–Kier alpha value is -0.610. The first-order chi connectivity index (χ1) is 10.2. The van der Waals surface area contributed by atoms with Gasteiger partial charge in [-0.05, 0) is 37.9 Å². The molecular formula is C17H29ClN2O. The van der Waals surface area contributed by atoms with Gasteiger partial charge in [0.1, 0.15) is 0 Å². The third kappa shape index (κ3) is 5.59. The number of hydrogen-bond acceptors (Lipinski definition) is 3. The van der Waals surface area contributed by atoms with Crippen molar-refractivity contribution in [2.75, 3.05) is 26.7 Å². The fourth-order valence-electron chi connectivity index (χ4n) is 2.92. The molecule has 1 aromatic carbocycles. The van der Waals surface area contributed by atoms with Crippen LogP contribution < -0.4 is 5.32 Å². The van der Waals surface area contributed by atoms with Gasteiger partial charge in [0.15, 0.2) is 0 Å². The van der Waals surface area contributed by atoms with Crippen LogP contribution in [0.25, 0.3) is 0 Å². The molecule has 1 aromatic rings. The number of aliphatic hydroxyl groups is 1. The van der Waals surface area contributed by atoms with Crippen LogP contribution in [0.3, 0.4) is 0 Å². The van der Waals surface area contributed by atoms with Crippen LogP contribution in [0.1, 0.15) is 44.7 Å². The maximum atomic E-state index is 9.28. The Labute approximate surface area is 134 Å². The molecule has 0 aliphatic carbocycles. The minimum atomic E-state index is 0.215. The first kappa shape index (κ1) is 18.4. The highest BCUT2D eigenvalue weighted by Crippen LogP contribution is 2.25. The summed E-state index contributed by atoms with van der Waals surface area (Å²) in [5, 5.41) is 13.5. The maximum Gasteiger partial charge on any atom is 0.0558 e. The molecule has 1 unspecified atom stereocenters. The van der Waals surface area contributed by atoms with Gasteiger partial charge >= 0.3 is 0 Å². The first-order valence-corrected chi connectivity index (χ1v) is 8.32. The van der Waals surface area contributed by atoms with Gasteiger partial charge in [-0.15, -0.1) is 0 Å². The summed E-state index contributed by atoms with van der Waals surface area (Å²) in [5.74, 6) is 0. The van der Waals surface area contributed by atoms with Crippen molar-refractivity contribution in [2.24, 2.45) is 0 Å². The van der Waals surface area contributed by atoms with Crippen LogP contribution in [0.5, 0.6) is 0 Å². The number of nitrogens with one attached hydrogen (secondary N) is 1. The predicted octanol–water partition coefficient (Wildman–Crippen LogP) is 3.47. The highest BCUT2D eigenvalue weighted by molar-refractivity contribution is 6.31. The summed E-state index contributed by atoms with van der Waals surface area (Å²) in [7, 11) is 1.97. The minimum Gasteiger partial charge on any atom is -0.395 e. The van der Waals surface area contributed by atoms with Gasteiger partial charge in [0.2, 0.25) is 0 Å². The van der Waals surface area contributed by atoms with E-state index in [-0.39, 0.29) is 12.6 Å². The van der Waals surface area contributed by atoms with Crippen LogP contribution in [0, 0.1) is 0 Å². The Balaban J connectivity index is 2.70. The van der Waals surface area contributed by atoms with Crippen LogP contribution in [-0.2, 0) is 0 Å². The quantitative estimate of drug-likeness (QED) is 0.694. The number of hydrogen-bond donors (Lipinski definition) is 2. The summed E-state index contributed by atoms with van der Waals surface area (Å²) in [4.78, 5) is 2.39. The summed E-state index contributed by atoms with van der Waals surface area (Å²) >= 11 is 6.30. The van der Waals surface area contributed by atoms with Crippen LogP contribution in [0.2, 0.25) is 5.02 Å². The lowest BCUT2D eigenvalue weighted by Gasteiger charge is -2.31. The van der Waals surface area contributed by atoms with E-state index in [1.54, 1.807) is 0 Å². The SMILES string of the molecule is CCC(CC)N(CCO)CCC(NC)c1ccccc1Cl. The molecule has 0 saturated carbocycles. The third-order valence-electron chi connectivity index (χ3n) is 4.18. The highest BCUT2D eigenvalue weighted by Gasteiger charge is 2.18. The molecule has 2 N–H and O–H groups in total. The lowest BCUT2D eigenvalue weighted by atomic mass is 10.0. The van der Waals surface area contributed by atoms with E-state index < -0.39 is 0 Å². The van der Waals surface area contributed by atoms with Crippen LogP contribution in [0.4, 0.5) is 0 Å². The van der Waals surface area contributed by atoms with E-state index in [1.165, 1.54) is 0 Å². The van der Waals surface area contributed by atoms with Crippen molar-refractivity contribution in [2.45, 2.75) is 45.2 Å². The molecule has 120 valence electrons. The largest absolute Gasteiger partial charge is 0.395 e. The van der Waals surface area contributed by atoms with E-state index >= 15 is 0 Å². The Bertz CT molecular complexity index is 396. The second-order valence-electron chi connectivity index (χ2n) is 5.38. The molecule has 1 atom stereocenters. The predicted molar refractivity (Wildman–Crippen MR) is 90.9 cm³/mol. The fraction of sp³-hybridized carbons (Fsp3) is 0.647. The highest BCUT2D eigenvalue weighted by atomic mass is 35.5. The molecule has 0 aliphatic rings. The second-order valence-corrected chi connectivity index (χ2v) is 5.79. The van der Waals surface area contributed by atoms with E-state index in [0.717, 1.165) is 42.9 Å². The summed E-state index contributed by atoms with van der Waals surface area (Å²) in [6.45, 7) is 6.34. The van der Waals surface area contributed by atoms with Crippen molar-refractivity contribution < 1.29 is 5.11 Å². The van der Waals surface area contributed by atoms with E-state index in [9.17, 15) is 5.11 Å². The monoisotopic (exact) mass is 312 g/mol. The average molecular weight is 313 g/mol. The Kier molecular flexibility index (Phi) is 8.93. The standard InChI is InChI=1S/C17H29ClN2O/c1-4-14(5-2)20(12-13-21)11-10-17(19-3)15-8-6-7-9-16(15)18/h6-9,14,17,19,21H,4-5,10-13H2,1-3H3. The molecule has 0 amide bonds. The summed E-state index contributed by atoms with van der Waals surface area (Å²) in [6, 6.07) is 8.79. The van der Waals surface area contributed by atoms with Crippen molar-refractivity contribution in [1.29, 1.82) is 0 Å². The lowest BCUT2D eigenvalue weighted by molar-refractivity contribution is 0.138. The summed E-state index contributed by atoms with van der Waals surface area (Å²) in [5.41, 5.74) is 1.15. The molecule has 0 saturated heterocycles. The normalized spacial score (nSPS) is 13.1. The molecule has 0 aromatic heterocycles. The number of aliphatic hydroxyl groups excluding tert-OH is 1. The minimum absolute atomic E-state index is 0.215. The zero-order chi connectivity index (χ0) is 15.7. The zero-order valence-corrected chi connectivity index (χ0v) is 14.2. The van der Waals surface area contributed by atoms with E-state index in [1.807, 2.05) is 25.2 Å². The number of rotatable bonds is 10. The van der Waals surface area contributed by atoms with Crippen LogP contribution in [0.15, 0.2) is 24.3 Å². The Morgan fingerprint density at radius 1 is 1.19 bits per heavy atom. The Morgan fingerprint density at radius 2 is 1.86 bits per heavy atom. The molecule has 0 spiro atoms. The molecule has 0 aliphatic heterocycles. The molecule has 3 nitrogen and oxygen atoms in total. The molecule has 1 rings (SSSR count). The fourth-order valence-corrected chi connectivity index (χ4v) is 3.19. The molecule has 4 heteroatoms. The topological polar surface area (TPSA) is 35.5 Å². The molecular weight excluding hydrogens is 284 g/mol. The van der Waals surface area contributed by atoms with Gasteiger partial charge in [-0.2, -0.15) is 0 Å². The summed E-state index contributed by atoms with van der Waals surface area (Å²) in [6.07, 6.45) is 3.22. The van der Waals surface area contributed by atoms with Gasteiger partial charge in [0.25, 0.3) is 0 Å². The van der Waals surface area contributed by atoms with Gasteiger partial charge in [-0.25, -0.2) is 0 Å². The molecule has 0 bridgehead atoms. The molecule has 0 radical (unpaired) electrons. The van der Waals surface area contributed by atoms with Crippen molar-refractivity contribution >= 4 is 11.6 Å². The lowest BCUT2D eigenvalue weighted by Crippen LogP contribution is -2.38. The van der Waals surface area contributed by atoms with Gasteiger partial charge < -0.3 is 10.4 Å². The van der Waals surface area contributed by atoms with Gasteiger partial charge in [0, 0.05) is 30.2 Å². The molecule has 0 heterocycles. The average Bonchev–Trinajstić information content (AvgIpc) is 2.50. The summed E-state index contributed by atoms with van der Waals surface area (Å²) < 4.78 is 0. The van der Waals surface area contributed by atoms with E-state index in [2.05, 4.69) is 30.1 Å². The first-order valence-electron chi connectivity index (χ1n) is 7.94. The van der Waals surface area contributed by atoms with Crippen LogP contribution >= 0.6 is 11.6 Å². The van der Waals surface area contributed by atoms with E-state index in [0.29, 0.717) is 6.04 Å². The number of nitrogens with zero attached hydrogens (tertiary/aromatic N) is 1. The van der Waals surface area contributed by atoms with Gasteiger partial charge in [-0.1, -0.05) is 43.6 Å². The van der Waals surface area contributed by atoms with Gasteiger partial charge in [0.05, 0.1) is 6.61 Å². The molecule has 0 fully saturated rings. The maximum absolute atomic E-state index is 9.28. The van der Waals surface area contributed by atoms with Crippen LogP contribution in [-0.4, -0.2) is 42.8 Å². The van der Waals surface area contributed by atoms with E-state index in [4.69, 9.17) is 11.6 Å². The zero-order valence-electron chi connectivity index (χ0n) is 13.5. The third-order valence-corrected chi connectivity index (χ3v) is 4.52. The molecule has 21 heavy (non-hydrogen) atoms. The van der Waals surface area contributed by atoms with Crippen molar-refractivity contribution in [3.05, 3.63) is 34.9 Å². The smallest absolute Gasteiger partial charge is 0.0558 e. The van der Waals surface area contributed by atoms with Gasteiger partial charge in [-0.3, -0.25) is 4.90 Å². The van der Waals surface area contributed by atoms with Crippen molar-refractivity contribution in [3.63, 3.8) is 0 Å². The Morgan fingerprint density at radius 3 is 2.38 bits per heavy atom. The van der Waals surface area contributed by atoms with Crippen molar-refractivity contribution in [3.8, 4) is 0 Å².